The first-order valence-electron chi connectivity index (χ1n) is 10.7. The molecule has 2 aromatic carbocycles. The summed E-state index contributed by atoms with van der Waals surface area (Å²) in [5.41, 5.74) is 0.210. The Labute approximate surface area is 201 Å². The van der Waals surface area contributed by atoms with Gasteiger partial charge in [0.1, 0.15) is 36.3 Å². The topological polar surface area (TPSA) is 124 Å². The predicted octanol–water partition coefficient (Wildman–Crippen LogP) is 3.05. The van der Waals surface area contributed by atoms with Crippen LogP contribution in [0.1, 0.15) is 34.3 Å². The summed E-state index contributed by atoms with van der Waals surface area (Å²) in [6, 6.07) is 12.8. The maximum Gasteiger partial charge on any atom is 0.255 e. The highest BCUT2D eigenvalue weighted by Gasteiger charge is 2.45. The van der Waals surface area contributed by atoms with Crippen molar-refractivity contribution in [2.24, 2.45) is 0 Å². The summed E-state index contributed by atoms with van der Waals surface area (Å²) in [4.78, 5) is 26.3. The van der Waals surface area contributed by atoms with Crippen LogP contribution >= 0.6 is 11.6 Å². The Hall–Kier alpha value is -4.01. The summed E-state index contributed by atoms with van der Waals surface area (Å²) in [6.07, 6.45) is 4.75. The van der Waals surface area contributed by atoms with Gasteiger partial charge in [-0.25, -0.2) is 0 Å². The predicted molar refractivity (Wildman–Crippen MR) is 123 cm³/mol. The Balaban J connectivity index is 1.69. The highest BCUT2D eigenvalue weighted by Crippen LogP contribution is 2.34. The fourth-order valence-corrected chi connectivity index (χ4v) is 3.75. The highest BCUT2D eigenvalue weighted by atomic mass is 35.5. The minimum absolute atomic E-state index is 0.128. The minimum Gasteiger partial charge on any atom is -0.489 e. The number of halogens is 1. The largest absolute Gasteiger partial charge is 0.489 e. The monoisotopic (exact) mass is 476 g/mol. The van der Waals surface area contributed by atoms with Gasteiger partial charge in [0, 0.05) is 6.42 Å². The van der Waals surface area contributed by atoms with E-state index >= 15 is 0 Å². The van der Waals surface area contributed by atoms with Crippen LogP contribution in [0.25, 0.3) is 0 Å². The number of rotatable bonds is 2. The molecule has 2 aromatic rings. The van der Waals surface area contributed by atoms with Gasteiger partial charge in [0.2, 0.25) is 5.91 Å². The van der Waals surface area contributed by atoms with Gasteiger partial charge in [-0.15, -0.1) is 0 Å². The zero-order valence-electron chi connectivity index (χ0n) is 18.1. The van der Waals surface area contributed by atoms with Gasteiger partial charge in [0.25, 0.3) is 5.91 Å². The molecule has 2 bridgehead atoms. The first kappa shape index (κ1) is 23.2. The number of nitrogens with zero attached hydrogens (tertiary/aromatic N) is 2. The molecule has 0 saturated heterocycles. The molecular formula is C25H21ClN4O4. The first-order chi connectivity index (χ1) is 16.4. The molecule has 2 amide bonds. The zero-order chi connectivity index (χ0) is 24.1. The number of carbonyl (C=O) groups excluding carboxylic acids is 2. The smallest absolute Gasteiger partial charge is 0.255 e. The van der Waals surface area contributed by atoms with E-state index < -0.39 is 23.4 Å². The second-order valence-electron chi connectivity index (χ2n) is 8.09. The molecule has 2 N–H and O–H groups in total. The fraction of sp³-hybridized carbons (Fsp3) is 0.280. The second kappa shape index (κ2) is 9.86. The molecule has 1 fully saturated rings. The molecule has 172 valence electrons. The average Bonchev–Trinajstić information content (AvgIpc) is 3.61. The maximum atomic E-state index is 13.2. The van der Waals surface area contributed by atoms with Crippen molar-refractivity contribution in [1.29, 1.82) is 10.5 Å². The molecule has 8 nitrogen and oxygen atoms in total. The number of fused-ring (bicyclic) bond motifs is 9. The Morgan fingerprint density at radius 1 is 1.09 bits per heavy atom. The Morgan fingerprint density at radius 2 is 1.79 bits per heavy atom. The second-order valence-corrected chi connectivity index (χ2v) is 8.50. The molecule has 2 aliphatic heterocycles. The lowest BCUT2D eigenvalue weighted by atomic mass is 10.0. The number of benzene rings is 2. The van der Waals surface area contributed by atoms with E-state index in [1.54, 1.807) is 42.5 Å². The van der Waals surface area contributed by atoms with E-state index in [0.717, 1.165) is 0 Å². The van der Waals surface area contributed by atoms with Crippen LogP contribution < -0.4 is 20.1 Å². The van der Waals surface area contributed by atoms with E-state index in [0.29, 0.717) is 29.2 Å². The lowest BCUT2D eigenvalue weighted by Crippen LogP contribution is -2.51. The first-order valence-corrected chi connectivity index (χ1v) is 11.1. The van der Waals surface area contributed by atoms with E-state index in [-0.39, 0.29) is 36.5 Å². The van der Waals surface area contributed by atoms with Gasteiger partial charge < -0.3 is 20.1 Å². The maximum absolute atomic E-state index is 13.2. The third-order valence-corrected chi connectivity index (χ3v) is 5.87. The number of amides is 2. The molecule has 1 atom stereocenters. The molecular weight excluding hydrogens is 456 g/mol. The van der Waals surface area contributed by atoms with Crippen molar-refractivity contribution in [3.8, 4) is 23.6 Å². The van der Waals surface area contributed by atoms with Gasteiger partial charge >= 0.3 is 0 Å². The normalized spacial score (nSPS) is 18.8. The molecule has 9 heteroatoms. The Kier molecular flexibility index (Phi) is 6.72. The molecule has 1 unspecified atom stereocenters. The van der Waals surface area contributed by atoms with Crippen molar-refractivity contribution < 1.29 is 19.1 Å². The molecule has 0 aromatic heterocycles. The molecule has 0 radical (unpaired) electrons. The van der Waals surface area contributed by atoms with Crippen LogP contribution in [0.5, 0.6) is 11.5 Å². The van der Waals surface area contributed by atoms with Crippen molar-refractivity contribution in [2.45, 2.75) is 30.8 Å². The summed E-state index contributed by atoms with van der Waals surface area (Å²) in [7, 11) is 0. The number of nitrogens with one attached hydrogen (secondary N) is 2. The van der Waals surface area contributed by atoms with Gasteiger partial charge in [0.05, 0.1) is 28.3 Å². The summed E-state index contributed by atoms with van der Waals surface area (Å²) in [6.45, 7) is 0.432. The minimum atomic E-state index is -0.993. The summed E-state index contributed by atoms with van der Waals surface area (Å²) in [5.74, 6) is -0.290. The van der Waals surface area contributed by atoms with Crippen LogP contribution in [0.15, 0.2) is 48.6 Å². The van der Waals surface area contributed by atoms with Crippen LogP contribution in [0.3, 0.4) is 0 Å². The van der Waals surface area contributed by atoms with Gasteiger partial charge in [0.15, 0.2) is 0 Å². The highest BCUT2D eigenvalue weighted by molar-refractivity contribution is 6.32. The van der Waals surface area contributed by atoms with Crippen LogP contribution in [0, 0.1) is 22.7 Å². The van der Waals surface area contributed by atoms with Crippen LogP contribution in [0.4, 0.5) is 0 Å². The lowest BCUT2D eigenvalue weighted by molar-refractivity contribution is -0.123. The van der Waals surface area contributed by atoms with Gasteiger partial charge in [-0.2, -0.15) is 10.5 Å². The molecule has 2 heterocycles. The number of hydrogen-bond acceptors (Lipinski definition) is 6. The van der Waals surface area contributed by atoms with Gasteiger partial charge in [-0.3, -0.25) is 9.59 Å². The molecule has 34 heavy (non-hydrogen) atoms. The standard InChI is InChI=1S/C25H21ClN4O4/c26-19-12-16-3-6-22(19)34-10-2-1-9-33-21-5-4-17(14-27)11-18(21)23(31)29-20(13-16)24(32)30-25(15-28)7-8-25/h1-6,11-12,20H,7-10,13H2,(H,29,31)(H,30,32). The molecule has 1 aliphatic carbocycles. The van der Waals surface area contributed by atoms with Crippen LogP contribution in [-0.2, 0) is 11.2 Å². The fourth-order valence-electron chi connectivity index (χ4n) is 3.50. The SMILES string of the molecule is N#Cc1ccc2c(c1)C(=O)NC(C(=O)NC1(C#N)CC1)Cc1ccc(c(Cl)c1)OCC=CCO2. The van der Waals surface area contributed by atoms with Crippen molar-refractivity contribution in [2.75, 3.05) is 13.2 Å². The average molecular weight is 477 g/mol. The molecule has 0 spiro atoms. The van der Waals surface area contributed by atoms with E-state index in [1.165, 1.54) is 6.07 Å². The number of ether oxygens (including phenoxy) is 2. The number of carbonyl (C=O) groups is 2. The van der Waals surface area contributed by atoms with E-state index in [9.17, 15) is 20.1 Å². The third-order valence-electron chi connectivity index (χ3n) is 5.57. The third kappa shape index (κ3) is 5.31. The van der Waals surface area contributed by atoms with Crippen LogP contribution in [-0.4, -0.2) is 36.6 Å². The number of hydrogen-bond donors (Lipinski definition) is 2. The van der Waals surface area contributed by atoms with Crippen molar-refractivity contribution in [1.82, 2.24) is 10.6 Å². The summed E-state index contributed by atoms with van der Waals surface area (Å²) in [5, 5.41) is 24.5. The van der Waals surface area contributed by atoms with Gasteiger partial charge in [-0.1, -0.05) is 17.7 Å². The summed E-state index contributed by atoms with van der Waals surface area (Å²) >= 11 is 6.35. The lowest BCUT2D eigenvalue weighted by Gasteiger charge is -2.21. The molecule has 1 saturated carbocycles. The van der Waals surface area contributed by atoms with E-state index in [2.05, 4.69) is 16.7 Å². The van der Waals surface area contributed by atoms with E-state index in [1.807, 2.05) is 6.07 Å². The van der Waals surface area contributed by atoms with Crippen LogP contribution in [0.2, 0.25) is 5.02 Å². The number of nitriles is 2. The van der Waals surface area contributed by atoms with Crippen molar-refractivity contribution in [3.05, 3.63) is 70.3 Å². The Bertz CT molecular complexity index is 1240. The van der Waals surface area contributed by atoms with E-state index in [4.69, 9.17) is 21.1 Å². The van der Waals surface area contributed by atoms with Crippen molar-refractivity contribution >= 4 is 23.4 Å². The zero-order valence-corrected chi connectivity index (χ0v) is 18.9. The Morgan fingerprint density at radius 3 is 2.44 bits per heavy atom. The van der Waals surface area contributed by atoms with Gasteiger partial charge in [-0.05, 0) is 60.9 Å². The quantitative estimate of drug-likeness (QED) is 0.642. The molecule has 3 aliphatic rings. The molecule has 5 rings (SSSR count). The summed E-state index contributed by atoms with van der Waals surface area (Å²) < 4.78 is 11.4. The van der Waals surface area contributed by atoms with Crippen molar-refractivity contribution in [3.63, 3.8) is 0 Å².